The minimum absolute atomic E-state index is 0.232. The summed E-state index contributed by atoms with van der Waals surface area (Å²) in [6.45, 7) is 3.22. The maximum absolute atomic E-state index is 12.7. The molecule has 2 aromatic rings. The van der Waals surface area contributed by atoms with Crippen LogP contribution in [0.4, 0.5) is 13.2 Å². The summed E-state index contributed by atoms with van der Waals surface area (Å²) in [5.74, 6) is 0. The number of benzene rings is 1. The van der Waals surface area contributed by atoms with Crippen molar-refractivity contribution in [1.29, 1.82) is 0 Å². The Kier molecular flexibility index (Phi) is 3.56. The second kappa shape index (κ2) is 4.90. The smallest absolute Gasteiger partial charge is 0.390 e. The van der Waals surface area contributed by atoms with Gasteiger partial charge in [0, 0.05) is 6.42 Å². The van der Waals surface area contributed by atoms with Crippen molar-refractivity contribution in [2.45, 2.75) is 32.0 Å². The molecule has 1 N–H and O–H groups in total. The first-order valence-electron chi connectivity index (χ1n) is 5.96. The average Bonchev–Trinajstić information content (AvgIpc) is 2.73. The zero-order chi connectivity index (χ0) is 15.0. The van der Waals surface area contributed by atoms with Crippen LogP contribution in [0.3, 0.4) is 0 Å². The van der Waals surface area contributed by atoms with E-state index in [1.807, 2.05) is 0 Å². The van der Waals surface area contributed by atoms with E-state index in [1.54, 1.807) is 13.8 Å². The van der Waals surface area contributed by atoms with Crippen LogP contribution in [0.2, 0.25) is 0 Å². The minimum Gasteiger partial charge on any atom is -0.390 e. The summed E-state index contributed by atoms with van der Waals surface area (Å²) >= 11 is 0. The van der Waals surface area contributed by atoms with Gasteiger partial charge in [0.2, 0.25) is 0 Å². The highest BCUT2D eigenvalue weighted by Gasteiger charge is 2.30. The van der Waals surface area contributed by atoms with Crippen LogP contribution in [0.5, 0.6) is 0 Å². The van der Waals surface area contributed by atoms with Gasteiger partial charge in [0.1, 0.15) is 0 Å². The summed E-state index contributed by atoms with van der Waals surface area (Å²) in [5, 5.41) is 17.3. The molecule has 4 nitrogen and oxygen atoms in total. The molecular formula is C13H14F3N3O. The first-order valence-corrected chi connectivity index (χ1v) is 5.96. The molecule has 0 saturated heterocycles. The highest BCUT2D eigenvalue weighted by molar-refractivity contribution is 5.37. The van der Waals surface area contributed by atoms with Crippen molar-refractivity contribution in [3.8, 4) is 5.69 Å². The lowest BCUT2D eigenvalue weighted by atomic mass is 10.0. The Morgan fingerprint density at radius 1 is 1.25 bits per heavy atom. The Hall–Kier alpha value is -1.89. The van der Waals surface area contributed by atoms with Crippen LogP contribution < -0.4 is 0 Å². The van der Waals surface area contributed by atoms with Crippen LogP contribution >= 0.6 is 0 Å². The number of rotatable bonds is 3. The van der Waals surface area contributed by atoms with E-state index < -0.39 is 17.3 Å². The molecule has 0 unspecified atom stereocenters. The number of nitrogens with zero attached hydrogens (tertiary/aromatic N) is 3. The first-order chi connectivity index (χ1) is 9.17. The second-order valence-corrected chi connectivity index (χ2v) is 5.17. The average molecular weight is 285 g/mol. The van der Waals surface area contributed by atoms with Crippen molar-refractivity contribution in [3.05, 3.63) is 41.7 Å². The summed E-state index contributed by atoms with van der Waals surface area (Å²) in [7, 11) is 0. The predicted molar refractivity (Wildman–Crippen MR) is 66.4 cm³/mol. The van der Waals surface area contributed by atoms with E-state index in [0.717, 1.165) is 12.1 Å². The van der Waals surface area contributed by atoms with Gasteiger partial charge >= 0.3 is 6.18 Å². The van der Waals surface area contributed by atoms with E-state index in [-0.39, 0.29) is 12.1 Å². The van der Waals surface area contributed by atoms with Gasteiger partial charge < -0.3 is 5.11 Å². The maximum Gasteiger partial charge on any atom is 0.416 e. The topological polar surface area (TPSA) is 50.9 Å². The number of aromatic nitrogens is 3. The largest absolute Gasteiger partial charge is 0.416 e. The number of alkyl halides is 3. The zero-order valence-corrected chi connectivity index (χ0v) is 11.0. The molecule has 0 radical (unpaired) electrons. The first kappa shape index (κ1) is 14.5. The van der Waals surface area contributed by atoms with Gasteiger partial charge in [0.25, 0.3) is 0 Å². The SMILES string of the molecule is CC(C)(O)Cc1cnnn1-c1cccc(C(F)(F)F)c1. The zero-order valence-electron chi connectivity index (χ0n) is 11.0. The summed E-state index contributed by atoms with van der Waals surface area (Å²) in [6.07, 6.45) is -2.75. The third-order valence-corrected chi connectivity index (χ3v) is 2.65. The fourth-order valence-corrected chi connectivity index (χ4v) is 1.85. The minimum atomic E-state index is -4.41. The molecule has 0 fully saturated rings. The predicted octanol–water partition coefficient (Wildman–Crippen LogP) is 2.60. The van der Waals surface area contributed by atoms with E-state index in [1.165, 1.54) is 23.0 Å². The molecule has 20 heavy (non-hydrogen) atoms. The summed E-state index contributed by atoms with van der Waals surface area (Å²) < 4.78 is 39.4. The lowest BCUT2D eigenvalue weighted by Crippen LogP contribution is -2.23. The molecule has 0 bridgehead atoms. The molecule has 0 spiro atoms. The molecule has 108 valence electrons. The van der Waals surface area contributed by atoms with E-state index >= 15 is 0 Å². The van der Waals surface area contributed by atoms with E-state index in [0.29, 0.717) is 5.69 Å². The molecule has 2 rings (SSSR count). The monoisotopic (exact) mass is 285 g/mol. The van der Waals surface area contributed by atoms with Crippen LogP contribution in [-0.4, -0.2) is 25.7 Å². The maximum atomic E-state index is 12.7. The number of halogens is 3. The van der Waals surface area contributed by atoms with Crippen LogP contribution in [0.25, 0.3) is 5.69 Å². The Labute approximate surface area is 113 Å². The van der Waals surface area contributed by atoms with Crippen LogP contribution in [0, 0.1) is 0 Å². The third-order valence-electron chi connectivity index (χ3n) is 2.65. The normalized spacial score (nSPS) is 12.7. The molecule has 0 aliphatic rings. The summed E-state index contributed by atoms with van der Waals surface area (Å²) in [4.78, 5) is 0. The molecule has 1 aromatic heterocycles. The van der Waals surface area contributed by atoms with Crippen molar-refractivity contribution >= 4 is 0 Å². The van der Waals surface area contributed by atoms with E-state index in [9.17, 15) is 18.3 Å². The van der Waals surface area contributed by atoms with Crippen molar-refractivity contribution < 1.29 is 18.3 Å². The highest BCUT2D eigenvalue weighted by atomic mass is 19.4. The van der Waals surface area contributed by atoms with Crippen molar-refractivity contribution in [2.24, 2.45) is 0 Å². The van der Waals surface area contributed by atoms with Gasteiger partial charge in [-0.25, -0.2) is 4.68 Å². The highest BCUT2D eigenvalue weighted by Crippen LogP contribution is 2.30. The standard InChI is InChI=1S/C13H14F3N3O/c1-12(2,20)7-11-8-17-18-19(11)10-5-3-4-9(6-10)13(14,15)16/h3-6,8,20H,7H2,1-2H3. The Morgan fingerprint density at radius 3 is 2.55 bits per heavy atom. The molecule has 1 aromatic carbocycles. The molecule has 0 atom stereocenters. The molecule has 0 aliphatic heterocycles. The van der Waals surface area contributed by atoms with E-state index in [2.05, 4.69) is 10.3 Å². The Bertz CT molecular complexity index is 599. The lowest BCUT2D eigenvalue weighted by molar-refractivity contribution is -0.137. The Morgan fingerprint density at radius 2 is 1.95 bits per heavy atom. The number of hydrogen-bond acceptors (Lipinski definition) is 3. The van der Waals surface area contributed by atoms with Crippen molar-refractivity contribution in [1.82, 2.24) is 15.0 Å². The lowest BCUT2D eigenvalue weighted by Gasteiger charge is -2.17. The van der Waals surface area contributed by atoms with Crippen molar-refractivity contribution in [2.75, 3.05) is 0 Å². The van der Waals surface area contributed by atoms with Gasteiger partial charge in [-0.05, 0) is 32.0 Å². The molecule has 1 heterocycles. The fraction of sp³-hybridized carbons (Fsp3) is 0.385. The summed E-state index contributed by atoms with van der Waals surface area (Å²) in [5.41, 5.74) is -0.950. The van der Waals surface area contributed by atoms with Crippen LogP contribution in [0.15, 0.2) is 30.5 Å². The fourth-order valence-electron chi connectivity index (χ4n) is 1.85. The van der Waals surface area contributed by atoms with Gasteiger partial charge in [-0.15, -0.1) is 5.10 Å². The van der Waals surface area contributed by atoms with Gasteiger partial charge in [-0.2, -0.15) is 13.2 Å². The number of hydrogen-bond donors (Lipinski definition) is 1. The summed E-state index contributed by atoms with van der Waals surface area (Å²) in [6, 6.07) is 4.82. The molecule has 7 heteroatoms. The van der Waals surface area contributed by atoms with E-state index in [4.69, 9.17) is 0 Å². The van der Waals surface area contributed by atoms with Gasteiger partial charge in [-0.1, -0.05) is 11.3 Å². The van der Waals surface area contributed by atoms with Crippen molar-refractivity contribution in [3.63, 3.8) is 0 Å². The molecule has 0 amide bonds. The quantitative estimate of drug-likeness (QED) is 0.943. The van der Waals surface area contributed by atoms with Crippen LogP contribution in [0.1, 0.15) is 25.1 Å². The molecule has 0 aliphatic carbocycles. The number of aliphatic hydroxyl groups is 1. The van der Waals surface area contributed by atoms with Gasteiger partial charge in [-0.3, -0.25) is 0 Å². The molecular weight excluding hydrogens is 271 g/mol. The Balaban J connectivity index is 2.40. The van der Waals surface area contributed by atoms with Crippen LogP contribution in [-0.2, 0) is 12.6 Å². The molecule has 0 saturated carbocycles. The third kappa shape index (κ3) is 3.36. The van der Waals surface area contributed by atoms with Gasteiger partial charge in [0.15, 0.2) is 0 Å². The van der Waals surface area contributed by atoms with Gasteiger partial charge in [0.05, 0.1) is 28.7 Å². The second-order valence-electron chi connectivity index (χ2n) is 5.17.